The van der Waals surface area contributed by atoms with Crippen LogP contribution in [0.5, 0.6) is 0 Å². The van der Waals surface area contributed by atoms with E-state index in [0.29, 0.717) is 0 Å². The predicted molar refractivity (Wildman–Crippen MR) is 186 cm³/mol. The van der Waals surface area contributed by atoms with Crippen molar-refractivity contribution in [2.45, 2.75) is 0 Å². The molecule has 0 amide bonds. The van der Waals surface area contributed by atoms with Gasteiger partial charge in [-0.25, -0.2) is 0 Å². The summed E-state index contributed by atoms with van der Waals surface area (Å²) >= 11 is 0. The van der Waals surface area contributed by atoms with Crippen LogP contribution in [0.2, 0.25) is 0 Å². The molecule has 8 aromatic rings. The highest BCUT2D eigenvalue weighted by molar-refractivity contribution is 6.05. The van der Waals surface area contributed by atoms with Gasteiger partial charge < -0.3 is 9.80 Å². The van der Waals surface area contributed by atoms with Gasteiger partial charge in [0.05, 0.1) is 11.4 Å². The first kappa shape index (κ1) is 25.1. The van der Waals surface area contributed by atoms with Gasteiger partial charge in [-0.15, -0.1) is 0 Å². The zero-order chi connectivity index (χ0) is 28.8. The fourth-order valence-corrected chi connectivity index (χ4v) is 6.32. The summed E-state index contributed by atoms with van der Waals surface area (Å²) in [5.41, 5.74) is 5.75. The molecule has 0 fully saturated rings. The van der Waals surface area contributed by atoms with E-state index >= 15 is 0 Å². The third-order valence-corrected chi connectivity index (χ3v) is 8.59. The minimum atomic E-state index is 1.12. The van der Waals surface area contributed by atoms with Crippen molar-refractivity contribution in [3.8, 4) is 0 Å². The quantitative estimate of drug-likeness (QED) is 0.197. The minimum absolute atomic E-state index is 1.12. The van der Waals surface area contributed by atoms with Crippen LogP contribution in [0.25, 0.3) is 43.1 Å². The maximum absolute atomic E-state index is 2.40. The SMILES string of the molecule is CN(c1ccc(N(c2cccc3ccccc23)c2cccc3ccccc23)cc1)c1ccc2cc3ccccc3cc2c1. The molecule has 0 heterocycles. The van der Waals surface area contributed by atoms with Gasteiger partial charge in [-0.05, 0) is 93.0 Å². The number of benzene rings is 8. The molecule has 0 bridgehead atoms. The van der Waals surface area contributed by atoms with Crippen LogP contribution in [0.15, 0.2) is 164 Å². The monoisotopic (exact) mass is 550 g/mol. The number of anilines is 5. The molecule has 0 aliphatic rings. The highest BCUT2D eigenvalue weighted by atomic mass is 15.1. The first-order valence-electron chi connectivity index (χ1n) is 14.7. The average molecular weight is 551 g/mol. The average Bonchev–Trinajstić information content (AvgIpc) is 3.07. The zero-order valence-electron chi connectivity index (χ0n) is 24.0. The summed E-state index contributed by atoms with van der Waals surface area (Å²) in [5, 5.41) is 9.95. The summed E-state index contributed by atoms with van der Waals surface area (Å²) in [6.45, 7) is 0. The fourth-order valence-electron chi connectivity index (χ4n) is 6.32. The molecular weight excluding hydrogens is 520 g/mol. The molecule has 0 aliphatic carbocycles. The van der Waals surface area contributed by atoms with Crippen LogP contribution in [-0.2, 0) is 0 Å². The normalized spacial score (nSPS) is 11.4. The lowest BCUT2D eigenvalue weighted by molar-refractivity contribution is 1.21. The van der Waals surface area contributed by atoms with Crippen molar-refractivity contribution >= 4 is 71.5 Å². The van der Waals surface area contributed by atoms with E-state index in [1.54, 1.807) is 0 Å². The number of rotatable bonds is 5. The Morgan fingerprint density at radius 3 is 1.37 bits per heavy atom. The lowest BCUT2D eigenvalue weighted by Crippen LogP contribution is -2.12. The topological polar surface area (TPSA) is 6.48 Å². The van der Waals surface area contributed by atoms with Crippen molar-refractivity contribution in [1.82, 2.24) is 0 Å². The molecule has 0 unspecified atom stereocenters. The van der Waals surface area contributed by atoms with Gasteiger partial charge in [-0.2, -0.15) is 0 Å². The molecule has 0 aromatic heterocycles. The molecule has 0 atom stereocenters. The predicted octanol–water partition coefficient (Wildman–Crippen LogP) is 11.5. The van der Waals surface area contributed by atoms with Gasteiger partial charge in [-0.1, -0.05) is 103 Å². The summed E-state index contributed by atoms with van der Waals surface area (Å²) < 4.78 is 0. The Morgan fingerprint density at radius 2 is 0.767 bits per heavy atom. The Labute approximate surface area is 251 Å². The summed E-state index contributed by atoms with van der Waals surface area (Å²) in [6.07, 6.45) is 0. The maximum Gasteiger partial charge on any atom is 0.0540 e. The lowest BCUT2D eigenvalue weighted by atomic mass is 10.0. The van der Waals surface area contributed by atoms with E-state index in [0.717, 1.165) is 28.4 Å². The van der Waals surface area contributed by atoms with Gasteiger partial charge in [0.15, 0.2) is 0 Å². The number of hydrogen-bond donors (Lipinski definition) is 0. The molecule has 0 spiro atoms. The van der Waals surface area contributed by atoms with Gasteiger partial charge in [0.1, 0.15) is 0 Å². The van der Waals surface area contributed by atoms with Crippen LogP contribution < -0.4 is 9.80 Å². The molecule has 0 saturated carbocycles. The summed E-state index contributed by atoms with van der Waals surface area (Å²) in [5.74, 6) is 0. The third-order valence-electron chi connectivity index (χ3n) is 8.59. The molecule has 0 radical (unpaired) electrons. The zero-order valence-corrected chi connectivity index (χ0v) is 24.0. The smallest absolute Gasteiger partial charge is 0.0540 e. The summed E-state index contributed by atoms with van der Waals surface area (Å²) in [4.78, 5) is 4.66. The van der Waals surface area contributed by atoms with Crippen LogP contribution >= 0.6 is 0 Å². The first-order chi connectivity index (χ1) is 21.2. The van der Waals surface area contributed by atoms with Crippen molar-refractivity contribution in [2.24, 2.45) is 0 Å². The summed E-state index contributed by atoms with van der Waals surface area (Å²) in [6, 6.07) is 59.2. The molecule has 8 aromatic carbocycles. The number of fused-ring (bicyclic) bond motifs is 4. The van der Waals surface area contributed by atoms with Gasteiger partial charge in [-0.3, -0.25) is 0 Å². The highest BCUT2D eigenvalue weighted by Gasteiger charge is 2.18. The Hall–Kier alpha value is -5.60. The Kier molecular flexibility index (Phi) is 6.05. The van der Waals surface area contributed by atoms with E-state index in [-0.39, 0.29) is 0 Å². The van der Waals surface area contributed by atoms with Crippen LogP contribution in [0.3, 0.4) is 0 Å². The van der Waals surface area contributed by atoms with Crippen molar-refractivity contribution in [3.05, 3.63) is 164 Å². The van der Waals surface area contributed by atoms with Crippen LogP contribution in [0, 0.1) is 0 Å². The van der Waals surface area contributed by atoms with E-state index in [4.69, 9.17) is 0 Å². The Balaban J connectivity index is 1.22. The highest BCUT2D eigenvalue weighted by Crippen LogP contribution is 2.42. The van der Waals surface area contributed by atoms with E-state index in [2.05, 4.69) is 181 Å². The van der Waals surface area contributed by atoms with E-state index in [1.807, 2.05) is 0 Å². The first-order valence-corrected chi connectivity index (χ1v) is 14.7. The largest absolute Gasteiger partial charge is 0.345 e. The molecular formula is C41H30N2. The van der Waals surface area contributed by atoms with Crippen molar-refractivity contribution in [2.75, 3.05) is 16.8 Å². The Bertz CT molecular complexity index is 2180. The molecule has 0 saturated heterocycles. The van der Waals surface area contributed by atoms with Crippen LogP contribution in [0.1, 0.15) is 0 Å². The summed E-state index contributed by atoms with van der Waals surface area (Å²) in [7, 11) is 2.14. The second kappa shape index (κ2) is 10.3. The van der Waals surface area contributed by atoms with Gasteiger partial charge in [0.2, 0.25) is 0 Å². The second-order valence-electron chi connectivity index (χ2n) is 11.1. The van der Waals surface area contributed by atoms with Crippen LogP contribution in [-0.4, -0.2) is 7.05 Å². The molecule has 2 nitrogen and oxygen atoms in total. The number of hydrogen-bond acceptors (Lipinski definition) is 2. The van der Waals surface area contributed by atoms with E-state index in [9.17, 15) is 0 Å². The van der Waals surface area contributed by atoms with E-state index < -0.39 is 0 Å². The maximum atomic E-state index is 2.40. The van der Waals surface area contributed by atoms with Gasteiger partial charge >= 0.3 is 0 Å². The van der Waals surface area contributed by atoms with E-state index in [1.165, 1.54) is 43.1 Å². The number of nitrogens with zero attached hydrogens (tertiary/aromatic N) is 2. The van der Waals surface area contributed by atoms with Gasteiger partial charge in [0, 0.05) is 34.9 Å². The minimum Gasteiger partial charge on any atom is -0.345 e. The van der Waals surface area contributed by atoms with Crippen molar-refractivity contribution < 1.29 is 0 Å². The molecule has 43 heavy (non-hydrogen) atoms. The van der Waals surface area contributed by atoms with Crippen LogP contribution in [0.4, 0.5) is 28.4 Å². The van der Waals surface area contributed by atoms with Crippen molar-refractivity contribution in [1.29, 1.82) is 0 Å². The van der Waals surface area contributed by atoms with Crippen molar-refractivity contribution in [3.63, 3.8) is 0 Å². The third kappa shape index (κ3) is 4.45. The molecule has 8 rings (SSSR count). The standard InChI is InChI=1S/C41H30N2/c1-42(37-21-20-33-26-31-12-2-3-13-32(31)27-34(33)28-37)35-22-24-36(25-23-35)43(40-18-8-14-29-10-4-6-16-38(29)40)41-19-9-15-30-11-5-7-17-39(30)41/h2-28H,1H3. The molecule has 0 N–H and O–H groups in total. The lowest BCUT2D eigenvalue weighted by Gasteiger charge is -2.29. The molecule has 2 heteroatoms. The Morgan fingerprint density at radius 1 is 0.326 bits per heavy atom. The molecule has 0 aliphatic heterocycles. The molecule has 204 valence electrons. The fraction of sp³-hybridized carbons (Fsp3) is 0.0244. The second-order valence-corrected chi connectivity index (χ2v) is 11.1. The van der Waals surface area contributed by atoms with Gasteiger partial charge in [0.25, 0.3) is 0 Å².